The van der Waals surface area contributed by atoms with Crippen molar-refractivity contribution in [3.63, 3.8) is 0 Å². The van der Waals surface area contributed by atoms with Gasteiger partial charge in [-0.05, 0) is 37.5 Å². The lowest BCUT2D eigenvalue weighted by Crippen LogP contribution is -2.37. The van der Waals surface area contributed by atoms with Crippen LogP contribution in [0.25, 0.3) is 0 Å². The van der Waals surface area contributed by atoms with E-state index in [1.54, 1.807) is 0 Å². The van der Waals surface area contributed by atoms with E-state index < -0.39 is 0 Å². The van der Waals surface area contributed by atoms with Crippen LogP contribution in [-0.4, -0.2) is 30.6 Å². The van der Waals surface area contributed by atoms with Crippen LogP contribution in [0.1, 0.15) is 18.1 Å². The number of aromatic nitrogens is 1. The Kier molecular flexibility index (Phi) is 6.54. The Morgan fingerprint density at radius 1 is 1.50 bits per heavy atom. The van der Waals surface area contributed by atoms with Gasteiger partial charge in [0.05, 0.1) is 0 Å². The van der Waals surface area contributed by atoms with Gasteiger partial charge < -0.3 is 10.6 Å². The lowest BCUT2D eigenvalue weighted by molar-refractivity contribution is 0.849. The molecule has 0 unspecified atom stereocenters. The van der Waals surface area contributed by atoms with Gasteiger partial charge >= 0.3 is 0 Å². The molecular formula is C14H22N4. The van der Waals surface area contributed by atoms with Crippen molar-refractivity contribution in [2.45, 2.75) is 20.3 Å². The minimum atomic E-state index is 0.722. The summed E-state index contributed by atoms with van der Waals surface area (Å²) in [4.78, 5) is 8.60. The quantitative estimate of drug-likeness (QED) is 0.456. The molecule has 0 aliphatic heterocycles. The third-order valence-corrected chi connectivity index (χ3v) is 2.55. The van der Waals surface area contributed by atoms with Gasteiger partial charge in [0.25, 0.3) is 0 Å². The molecule has 0 radical (unpaired) electrons. The van der Waals surface area contributed by atoms with Crippen molar-refractivity contribution in [1.82, 2.24) is 15.6 Å². The monoisotopic (exact) mass is 246 g/mol. The summed E-state index contributed by atoms with van der Waals surface area (Å²) in [7, 11) is 0. The fourth-order valence-electron chi connectivity index (χ4n) is 1.58. The fourth-order valence-corrected chi connectivity index (χ4v) is 1.58. The second-order valence-corrected chi connectivity index (χ2v) is 3.98. The highest BCUT2D eigenvalue weighted by atomic mass is 15.2. The molecule has 0 amide bonds. The number of guanidine groups is 1. The van der Waals surface area contributed by atoms with Crippen molar-refractivity contribution in [2.24, 2.45) is 4.99 Å². The SMILES string of the molecule is C=CCNC(=NCCc1ccncc1C)NCC. The Hall–Kier alpha value is -1.84. The van der Waals surface area contributed by atoms with E-state index in [-0.39, 0.29) is 0 Å². The number of hydrogen-bond acceptors (Lipinski definition) is 2. The molecule has 0 aliphatic carbocycles. The Labute approximate surface area is 109 Å². The van der Waals surface area contributed by atoms with Crippen LogP contribution >= 0.6 is 0 Å². The third kappa shape index (κ3) is 4.99. The van der Waals surface area contributed by atoms with Crippen LogP contribution in [-0.2, 0) is 6.42 Å². The van der Waals surface area contributed by atoms with Crippen LogP contribution in [0.5, 0.6) is 0 Å². The highest BCUT2D eigenvalue weighted by Gasteiger charge is 1.98. The predicted octanol–water partition coefficient (Wildman–Crippen LogP) is 1.67. The lowest BCUT2D eigenvalue weighted by Gasteiger charge is -2.09. The normalized spacial score (nSPS) is 11.1. The average molecular weight is 246 g/mol. The highest BCUT2D eigenvalue weighted by molar-refractivity contribution is 5.79. The molecule has 1 aromatic rings. The second-order valence-electron chi connectivity index (χ2n) is 3.98. The molecule has 1 heterocycles. The molecule has 0 aliphatic rings. The summed E-state index contributed by atoms with van der Waals surface area (Å²) in [5.41, 5.74) is 2.52. The molecule has 0 atom stereocenters. The number of rotatable bonds is 6. The molecule has 18 heavy (non-hydrogen) atoms. The van der Waals surface area contributed by atoms with E-state index in [0.29, 0.717) is 0 Å². The maximum absolute atomic E-state index is 4.51. The second kappa shape index (κ2) is 8.28. The Morgan fingerprint density at radius 2 is 2.33 bits per heavy atom. The minimum absolute atomic E-state index is 0.722. The smallest absolute Gasteiger partial charge is 0.191 e. The number of aryl methyl sites for hydroxylation is 1. The van der Waals surface area contributed by atoms with Crippen LogP contribution < -0.4 is 10.6 Å². The molecule has 0 saturated carbocycles. The molecule has 1 rings (SSSR count). The topological polar surface area (TPSA) is 49.3 Å². The van der Waals surface area contributed by atoms with Crippen LogP contribution in [0.4, 0.5) is 0 Å². The van der Waals surface area contributed by atoms with Crippen LogP contribution in [0.2, 0.25) is 0 Å². The van der Waals surface area contributed by atoms with E-state index in [1.807, 2.05) is 18.5 Å². The van der Waals surface area contributed by atoms with E-state index in [0.717, 1.165) is 32.0 Å². The lowest BCUT2D eigenvalue weighted by atomic mass is 10.1. The summed E-state index contributed by atoms with van der Waals surface area (Å²) < 4.78 is 0. The molecule has 98 valence electrons. The van der Waals surface area contributed by atoms with Crippen molar-refractivity contribution in [2.75, 3.05) is 19.6 Å². The molecule has 0 fully saturated rings. The molecule has 0 spiro atoms. The van der Waals surface area contributed by atoms with E-state index in [4.69, 9.17) is 0 Å². The van der Waals surface area contributed by atoms with Gasteiger partial charge in [0.15, 0.2) is 5.96 Å². The molecular weight excluding hydrogens is 224 g/mol. The van der Waals surface area contributed by atoms with Gasteiger partial charge in [0.2, 0.25) is 0 Å². The zero-order valence-electron chi connectivity index (χ0n) is 11.2. The van der Waals surface area contributed by atoms with Crippen LogP contribution in [0.3, 0.4) is 0 Å². The Bertz CT molecular complexity index is 399. The summed E-state index contributed by atoms with van der Waals surface area (Å²) in [6, 6.07) is 2.05. The number of hydrogen-bond donors (Lipinski definition) is 2. The van der Waals surface area contributed by atoms with Crippen molar-refractivity contribution in [3.05, 3.63) is 42.2 Å². The van der Waals surface area contributed by atoms with Crippen molar-refractivity contribution >= 4 is 5.96 Å². The molecule has 4 heteroatoms. The first-order valence-electron chi connectivity index (χ1n) is 6.30. The third-order valence-electron chi connectivity index (χ3n) is 2.55. The summed E-state index contributed by atoms with van der Waals surface area (Å²) in [6.45, 7) is 10.2. The standard InChI is InChI=1S/C14H22N4/c1-4-8-17-14(16-5-2)18-10-7-13-6-9-15-11-12(13)3/h4,6,9,11H,1,5,7-8,10H2,2-3H3,(H2,16,17,18). The predicted molar refractivity (Wildman–Crippen MR) is 76.9 cm³/mol. The first-order chi connectivity index (χ1) is 8.77. The maximum atomic E-state index is 4.51. The van der Waals surface area contributed by atoms with E-state index in [2.05, 4.69) is 47.1 Å². The van der Waals surface area contributed by atoms with Gasteiger partial charge in [0.1, 0.15) is 0 Å². The molecule has 4 nitrogen and oxygen atoms in total. The highest BCUT2D eigenvalue weighted by Crippen LogP contribution is 2.05. The van der Waals surface area contributed by atoms with Crippen LogP contribution in [0.15, 0.2) is 36.1 Å². The van der Waals surface area contributed by atoms with Crippen molar-refractivity contribution in [3.8, 4) is 0 Å². The average Bonchev–Trinajstić information content (AvgIpc) is 2.38. The summed E-state index contributed by atoms with van der Waals surface area (Å²) in [6.07, 6.45) is 6.46. The van der Waals surface area contributed by atoms with Gasteiger partial charge in [-0.1, -0.05) is 6.08 Å². The number of pyridine rings is 1. The Morgan fingerprint density at radius 3 is 3.00 bits per heavy atom. The van der Waals surface area contributed by atoms with Crippen molar-refractivity contribution < 1.29 is 0 Å². The molecule has 0 aromatic carbocycles. The summed E-state index contributed by atoms with van der Waals surface area (Å²) in [5.74, 6) is 0.837. The number of aliphatic imine (C=N–C) groups is 1. The zero-order chi connectivity index (χ0) is 13.2. The van der Waals surface area contributed by atoms with Gasteiger partial charge in [-0.25, -0.2) is 0 Å². The van der Waals surface area contributed by atoms with E-state index in [1.165, 1.54) is 11.1 Å². The fraction of sp³-hybridized carbons (Fsp3) is 0.429. The minimum Gasteiger partial charge on any atom is -0.357 e. The molecule has 2 N–H and O–H groups in total. The summed E-state index contributed by atoms with van der Waals surface area (Å²) >= 11 is 0. The van der Waals surface area contributed by atoms with Gasteiger partial charge in [0, 0.05) is 32.0 Å². The molecule has 1 aromatic heterocycles. The number of nitrogens with zero attached hydrogens (tertiary/aromatic N) is 2. The first-order valence-corrected chi connectivity index (χ1v) is 6.30. The first kappa shape index (κ1) is 14.2. The van der Waals surface area contributed by atoms with E-state index >= 15 is 0 Å². The maximum Gasteiger partial charge on any atom is 0.191 e. The molecule has 0 saturated heterocycles. The summed E-state index contributed by atoms with van der Waals surface area (Å²) in [5, 5.41) is 6.38. The van der Waals surface area contributed by atoms with Crippen LogP contribution in [0, 0.1) is 6.92 Å². The van der Waals surface area contributed by atoms with Crippen molar-refractivity contribution in [1.29, 1.82) is 0 Å². The Balaban J connectivity index is 2.50. The zero-order valence-corrected chi connectivity index (χ0v) is 11.2. The number of nitrogens with one attached hydrogen (secondary N) is 2. The van der Waals surface area contributed by atoms with Gasteiger partial charge in [-0.3, -0.25) is 9.98 Å². The largest absolute Gasteiger partial charge is 0.357 e. The van der Waals surface area contributed by atoms with Gasteiger partial charge in [-0.2, -0.15) is 0 Å². The van der Waals surface area contributed by atoms with E-state index in [9.17, 15) is 0 Å². The molecule has 0 bridgehead atoms. The van der Waals surface area contributed by atoms with Gasteiger partial charge in [-0.15, -0.1) is 6.58 Å².